The highest BCUT2D eigenvalue weighted by Crippen LogP contribution is 2.34. The van der Waals surface area contributed by atoms with Crippen LogP contribution < -0.4 is 0 Å². The number of aryl methyl sites for hydroxylation is 1. The highest BCUT2D eigenvalue weighted by molar-refractivity contribution is 9.10. The summed E-state index contributed by atoms with van der Waals surface area (Å²) in [7, 11) is 0. The molecule has 0 radical (unpaired) electrons. The van der Waals surface area contributed by atoms with E-state index in [0.717, 1.165) is 45.7 Å². The van der Waals surface area contributed by atoms with Crippen LogP contribution in [0.3, 0.4) is 0 Å². The van der Waals surface area contributed by atoms with Crippen molar-refractivity contribution in [2.24, 2.45) is 0 Å². The number of hydrogen-bond acceptors (Lipinski definition) is 3. The molecule has 5 heteroatoms. The number of aromatic nitrogens is 2. The molecule has 0 aliphatic heterocycles. The molecule has 0 saturated carbocycles. The average molecular weight is 316 g/mol. The molecule has 0 unspecified atom stereocenters. The summed E-state index contributed by atoms with van der Waals surface area (Å²) in [6.45, 7) is 0. The Kier molecular flexibility index (Phi) is 2.73. The van der Waals surface area contributed by atoms with Crippen molar-refractivity contribution in [2.75, 3.05) is 0 Å². The van der Waals surface area contributed by atoms with E-state index in [9.17, 15) is 0 Å². The van der Waals surface area contributed by atoms with Gasteiger partial charge in [-0.25, -0.2) is 9.97 Å². The lowest BCUT2D eigenvalue weighted by Gasteiger charge is -2.04. The third-order valence-electron chi connectivity index (χ3n) is 2.70. The van der Waals surface area contributed by atoms with E-state index in [4.69, 9.17) is 11.6 Å². The predicted molar refractivity (Wildman–Crippen MR) is 70.1 cm³/mol. The fourth-order valence-corrected chi connectivity index (χ4v) is 3.71. The van der Waals surface area contributed by atoms with Crippen LogP contribution in [0.4, 0.5) is 0 Å². The lowest BCUT2D eigenvalue weighted by atomic mass is 10.2. The number of hydrogen-bond donors (Lipinski definition) is 0. The maximum absolute atomic E-state index is 6.18. The van der Waals surface area contributed by atoms with Gasteiger partial charge in [0.2, 0.25) is 0 Å². The van der Waals surface area contributed by atoms with Gasteiger partial charge in [0.05, 0.1) is 4.88 Å². The van der Waals surface area contributed by atoms with Gasteiger partial charge >= 0.3 is 0 Å². The van der Waals surface area contributed by atoms with Crippen LogP contribution in [0.2, 0.25) is 5.15 Å². The van der Waals surface area contributed by atoms with Crippen molar-refractivity contribution in [3.63, 3.8) is 0 Å². The molecule has 16 heavy (non-hydrogen) atoms. The van der Waals surface area contributed by atoms with Gasteiger partial charge in [-0.3, -0.25) is 0 Å². The first-order valence-corrected chi connectivity index (χ1v) is 7.09. The van der Waals surface area contributed by atoms with Gasteiger partial charge in [-0.1, -0.05) is 11.6 Å². The molecule has 3 rings (SSSR count). The Hall–Kier alpha value is -0.450. The first-order chi connectivity index (χ1) is 7.75. The highest BCUT2D eigenvalue weighted by Gasteiger charge is 2.19. The second-order valence-corrected chi connectivity index (χ2v) is 5.84. The summed E-state index contributed by atoms with van der Waals surface area (Å²) < 4.78 is 1.03. The van der Waals surface area contributed by atoms with Gasteiger partial charge in [0, 0.05) is 15.7 Å². The van der Waals surface area contributed by atoms with E-state index < -0.39 is 0 Å². The van der Waals surface area contributed by atoms with Crippen molar-refractivity contribution in [1.82, 2.24) is 9.97 Å². The normalized spacial score (nSPS) is 14.1. The molecule has 1 aliphatic carbocycles. The second-order valence-electron chi connectivity index (χ2n) is 3.71. The largest absolute Gasteiger partial charge is 0.232 e. The molecular weight excluding hydrogens is 308 g/mol. The summed E-state index contributed by atoms with van der Waals surface area (Å²) in [6.07, 6.45) is 3.17. The molecule has 2 aromatic rings. The quantitative estimate of drug-likeness (QED) is 0.740. The van der Waals surface area contributed by atoms with Crippen molar-refractivity contribution in [3.05, 3.63) is 32.3 Å². The van der Waals surface area contributed by atoms with Gasteiger partial charge in [0.25, 0.3) is 0 Å². The van der Waals surface area contributed by atoms with Gasteiger partial charge < -0.3 is 0 Å². The van der Waals surface area contributed by atoms with Crippen LogP contribution in [0.15, 0.2) is 15.9 Å². The molecule has 2 nitrogen and oxygen atoms in total. The lowest BCUT2D eigenvalue weighted by Crippen LogP contribution is -1.96. The van der Waals surface area contributed by atoms with E-state index in [1.54, 1.807) is 11.3 Å². The van der Waals surface area contributed by atoms with E-state index in [-0.39, 0.29) is 0 Å². The van der Waals surface area contributed by atoms with E-state index in [1.165, 1.54) is 0 Å². The van der Waals surface area contributed by atoms with Gasteiger partial charge in [0.1, 0.15) is 5.15 Å². The fraction of sp³-hybridized carbons (Fsp3) is 0.273. The van der Waals surface area contributed by atoms with Crippen molar-refractivity contribution in [1.29, 1.82) is 0 Å². The standard InChI is InChI=1S/C11H8BrClN2S/c12-7-4-5-16-9(7)11-14-8-3-1-2-6(8)10(13)15-11/h4-5H,1-3H2. The molecule has 2 aromatic heterocycles. The first kappa shape index (κ1) is 10.7. The lowest BCUT2D eigenvalue weighted by molar-refractivity contribution is 0.900. The number of halogens is 2. The van der Waals surface area contributed by atoms with Crippen molar-refractivity contribution in [2.45, 2.75) is 19.3 Å². The van der Waals surface area contributed by atoms with Crippen molar-refractivity contribution >= 4 is 38.9 Å². The molecule has 1 aliphatic rings. The number of fused-ring (bicyclic) bond motifs is 1. The zero-order chi connectivity index (χ0) is 11.1. The van der Waals surface area contributed by atoms with Gasteiger partial charge in [-0.15, -0.1) is 11.3 Å². The first-order valence-electron chi connectivity index (χ1n) is 5.04. The van der Waals surface area contributed by atoms with Crippen LogP contribution in [0.5, 0.6) is 0 Å². The Morgan fingerprint density at radius 2 is 2.19 bits per heavy atom. The zero-order valence-corrected chi connectivity index (χ0v) is 11.5. The minimum atomic E-state index is 0.623. The van der Waals surface area contributed by atoms with Crippen LogP contribution in [0.25, 0.3) is 10.7 Å². The number of rotatable bonds is 1. The maximum atomic E-state index is 6.18. The zero-order valence-electron chi connectivity index (χ0n) is 8.33. The van der Waals surface area contributed by atoms with Crippen molar-refractivity contribution in [3.8, 4) is 10.7 Å². The third-order valence-corrected chi connectivity index (χ3v) is 4.85. The number of thiophene rings is 1. The molecule has 0 aromatic carbocycles. The SMILES string of the molecule is Clc1nc(-c2sccc2Br)nc2c1CCC2. The molecule has 2 heterocycles. The van der Waals surface area contributed by atoms with Crippen LogP contribution >= 0.6 is 38.9 Å². The summed E-state index contributed by atoms with van der Waals surface area (Å²) >= 11 is 11.3. The maximum Gasteiger partial charge on any atom is 0.172 e. The summed E-state index contributed by atoms with van der Waals surface area (Å²) in [5.41, 5.74) is 2.26. The summed E-state index contributed by atoms with van der Waals surface area (Å²) in [5.74, 6) is 0.743. The molecule has 0 saturated heterocycles. The summed E-state index contributed by atoms with van der Waals surface area (Å²) in [4.78, 5) is 10.0. The molecule has 0 atom stereocenters. The van der Waals surface area contributed by atoms with E-state index in [2.05, 4.69) is 25.9 Å². The molecular formula is C11H8BrClN2S. The van der Waals surface area contributed by atoms with E-state index in [0.29, 0.717) is 5.15 Å². The Balaban J connectivity index is 2.17. The molecule has 0 bridgehead atoms. The molecule has 0 fully saturated rings. The van der Waals surface area contributed by atoms with Crippen LogP contribution in [-0.4, -0.2) is 9.97 Å². The van der Waals surface area contributed by atoms with E-state index >= 15 is 0 Å². The van der Waals surface area contributed by atoms with Crippen molar-refractivity contribution < 1.29 is 0 Å². The minimum absolute atomic E-state index is 0.623. The Morgan fingerprint density at radius 3 is 2.94 bits per heavy atom. The number of nitrogens with zero attached hydrogens (tertiary/aromatic N) is 2. The third kappa shape index (κ3) is 1.69. The molecule has 82 valence electrons. The molecule has 0 amide bonds. The smallest absolute Gasteiger partial charge is 0.172 e. The molecule has 0 spiro atoms. The van der Waals surface area contributed by atoms with Gasteiger partial charge in [0.15, 0.2) is 5.82 Å². The van der Waals surface area contributed by atoms with Crippen LogP contribution in [-0.2, 0) is 12.8 Å². The van der Waals surface area contributed by atoms with Gasteiger partial charge in [-0.2, -0.15) is 0 Å². The highest BCUT2D eigenvalue weighted by atomic mass is 79.9. The van der Waals surface area contributed by atoms with Gasteiger partial charge in [-0.05, 0) is 46.6 Å². The fourth-order valence-electron chi connectivity index (χ4n) is 1.94. The Morgan fingerprint density at radius 1 is 1.31 bits per heavy atom. The predicted octanol–water partition coefficient (Wildman–Crippen LogP) is 4.11. The summed E-state index contributed by atoms with van der Waals surface area (Å²) in [5, 5.41) is 2.64. The molecule has 0 N–H and O–H groups in total. The Bertz CT molecular complexity index is 553. The Labute approximate surface area is 111 Å². The second kappa shape index (κ2) is 4.09. The van der Waals surface area contributed by atoms with Crippen LogP contribution in [0, 0.1) is 0 Å². The van der Waals surface area contributed by atoms with E-state index in [1.807, 2.05) is 11.4 Å². The minimum Gasteiger partial charge on any atom is -0.232 e. The topological polar surface area (TPSA) is 25.8 Å². The monoisotopic (exact) mass is 314 g/mol. The van der Waals surface area contributed by atoms with Crippen LogP contribution in [0.1, 0.15) is 17.7 Å². The summed E-state index contributed by atoms with van der Waals surface area (Å²) in [6, 6.07) is 2.00. The average Bonchev–Trinajstić information content (AvgIpc) is 2.85.